The van der Waals surface area contributed by atoms with Gasteiger partial charge in [-0.05, 0) is 52.2 Å². The fourth-order valence-electron chi connectivity index (χ4n) is 3.50. The summed E-state index contributed by atoms with van der Waals surface area (Å²) in [7, 11) is 1.61. The predicted octanol–water partition coefficient (Wildman–Crippen LogP) is 4.05. The predicted molar refractivity (Wildman–Crippen MR) is 110 cm³/mol. The molecule has 0 heterocycles. The largest absolute Gasteiger partial charge is 0.496 e. The van der Waals surface area contributed by atoms with E-state index in [1.165, 1.54) is 0 Å². The lowest BCUT2D eigenvalue weighted by Crippen LogP contribution is -2.54. The van der Waals surface area contributed by atoms with Crippen LogP contribution in [-0.2, 0) is 9.53 Å². The van der Waals surface area contributed by atoms with Crippen LogP contribution in [0.5, 0.6) is 5.75 Å². The molecule has 6 heteroatoms. The van der Waals surface area contributed by atoms with E-state index >= 15 is 0 Å². The van der Waals surface area contributed by atoms with Crippen LogP contribution in [0.15, 0.2) is 30.3 Å². The Bertz CT molecular complexity index is 728. The molecular weight excluding hydrogens is 356 g/mol. The topological polar surface area (TPSA) is 76.7 Å². The molecule has 0 radical (unpaired) electrons. The number of ether oxygens (including phenoxy) is 2. The van der Waals surface area contributed by atoms with E-state index in [1.54, 1.807) is 13.2 Å². The van der Waals surface area contributed by atoms with Crippen molar-refractivity contribution in [1.82, 2.24) is 10.6 Å². The SMILES string of the molecule is COc1ccccc1C(C)=CC(=O)NC1(CNC(=O)OC(C)(C)C)CCCC1. The van der Waals surface area contributed by atoms with Gasteiger partial charge in [-0.25, -0.2) is 4.79 Å². The smallest absolute Gasteiger partial charge is 0.407 e. The van der Waals surface area contributed by atoms with Gasteiger partial charge in [-0.15, -0.1) is 0 Å². The van der Waals surface area contributed by atoms with Crippen LogP contribution in [-0.4, -0.2) is 36.8 Å². The van der Waals surface area contributed by atoms with Crippen LogP contribution < -0.4 is 15.4 Å². The summed E-state index contributed by atoms with van der Waals surface area (Å²) in [5, 5.41) is 5.94. The first-order valence-electron chi connectivity index (χ1n) is 9.75. The van der Waals surface area contributed by atoms with Gasteiger partial charge in [-0.1, -0.05) is 31.0 Å². The van der Waals surface area contributed by atoms with Gasteiger partial charge in [0, 0.05) is 18.2 Å². The van der Waals surface area contributed by atoms with Crippen molar-refractivity contribution in [2.24, 2.45) is 0 Å². The molecule has 0 aliphatic heterocycles. The van der Waals surface area contributed by atoms with Crippen LogP contribution in [0, 0.1) is 0 Å². The zero-order valence-corrected chi connectivity index (χ0v) is 17.6. The molecule has 1 aromatic rings. The maximum atomic E-state index is 12.7. The van der Waals surface area contributed by atoms with Crippen LogP contribution in [0.25, 0.3) is 5.57 Å². The Morgan fingerprint density at radius 2 is 1.82 bits per heavy atom. The average Bonchev–Trinajstić information content (AvgIpc) is 3.07. The molecule has 0 atom stereocenters. The molecule has 1 saturated carbocycles. The Hall–Kier alpha value is -2.50. The molecule has 1 fully saturated rings. The summed E-state index contributed by atoms with van der Waals surface area (Å²) in [5.74, 6) is 0.558. The molecule has 0 unspecified atom stereocenters. The molecule has 0 saturated heterocycles. The number of carbonyl (C=O) groups excluding carboxylic acids is 2. The van der Waals surface area contributed by atoms with E-state index < -0.39 is 17.2 Å². The van der Waals surface area contributed by atoms with Crippen LogP contribution >= 0.6 is 0 Å². The number of benzene rings is 1. The molecular formula is C22H32N2O4. The highest BCUT2D eigenvalue weighted by Gasteiger charge is 2.35. The minimum atomic E-state index is -0.551. The van der Waals surface area contributed by atoms with E-state index in [0.717, 1.165) is 42.6 Å². The second kappa shape index (κ2) is 9.13. The molecule has 2 rings (SSSR count). The zero-order valence-electron chi connectivity index (χ0n) is 17.6. The zero-order chi connectivity index (χ0) is 20.8. The number of amides is 2. The number of alkyl carbamates (subject to hydrolysis) is 1. The Morgan fingerprint density at radius 1 is 1.18 bits per heavy atom. The van der Waals surface area contributed by atoms with E-state index in [9.17, 15) is 9.59 Å². The van der Waals surface area contributed by atoms with Crippen LogP contribution in [0.2, 0.25) is 0 Å². The number of hydrogen-bond donors (Lipinski definition) is 2. The molecule has 1 aromatic carbocycles. The van der Waals surface area contributed by atoms with Crippen molar-refractivity contribution in [3.8, 4) is 5.75 Å². The maximum absolute atomic E-state index is 12.7. The number of allylic oxidation sites excluding steroid dienone is 1. The van der Waals surface area contributed by atoms with Gasteiger partial charge < -0.3 is 20.1 Å². The van der Waals surface area contributed by atoms with Gasteiger partial charge in [0.05, 0.1) is 12.6 Å². The fraction of sp³-hybridized carbons (Fsp3) is 0.545. The summed E-state index contributed by atoms with van der Waals surface area (Å²) in [5.41, 5.74) is 0.715. The first-order valence-corrected chi connectivity index (χ1v) is 9.75. The van der Waals surface area contributed by atoms with Crippen LogP contribution in [0.3, 0.4) is 0 Å². The van der Waals surface area contributed by atoms with Gasteiger partial charge in [0.25, 0.3) is 0 Å². The van der Waals surface area contributed by atoms with E-state index in [4.69, 9.17) is 9.47 Å². The van der Waals surface area contributed by atoms with E-state index in [1.807, 2.05) is 52.0 Å². The molecule has 0 bridgehead atoms. The lowest BCUT2D eigenvalue weighted by Gasteiger charge is -2.31. The lowest BCUT2D eigenvalue weighted by molar-refractivity contribution is -0.118. The number of rotatable bonds is 6. The van der Waals surface area contributed by atoms with E-state index in [2.05, 4.69) is 10.6 Å². The summed E-state index contributed by atoms with van der Waals surface area (Å²) in [6.45, 7) is 7.72. The number of carbonyl (C=O) groups is 2. The molecule has 1 aliphatic rings. The first kappa shape index (κ1) is 21.8. The fourth-order valence-corrected chi connectivity index (χ4v) is 3.50. The molecule has 2 amide bonds. The summed E-state index contributed by atoms with van der Waals surface area (Å²) in [4.78, 5) is 24.7. The molecule has 2 N–H and O–H groups in total. The standard InChI is InChI=1S/C22H32N2O4/c1-16(17-10-6-7-11-18(17)27-5)14-19(25)24-22(12-8-9-13-22)15-23-20(26)28-21(2,3)4/h6-7,10-11,14H,8-9,12-13,15H2,1-5H3,(H,23,26)(H,24,25). The number of nitrogens with one attached hydrogen (secondary N) is 2. The highest BCUT2D eigenvalue weighted by atomic mass is 16.6. The first-order chi connectivity index (χ1) is 13.1. The lowest BCUT2D eigenvalue weighted by atomic mass is 9.97. The van der Waals surface area contributed by atoms with Gasteiger partial charge in [-0.2, -0.15) is 0 Å². The second-order valence-corrected chi connectivity index (χ2v) is 8.36. The highest BCUT2D eigenvalue weighted by molar-refractivity contribution is 5.96. The summed E-state index contributed by atoms with van der Waals surface area (Å²) >= 11 is 0. The molecule has 0 spiro atoms. The third kappa shape index (κ3) is 6.29. The molecule has 1 aliphatic carbocycles. The average molecular weight is 389 g/mol. The summed E-state index contributed by atoms with van der Waals surface area (Å²) < 4.78 is 10.7. The monoisotopic (exact) mass is 388 g/mol. The number of para-hydroxylation sites is 1. The Morgan fingerprint density at radius 3 is 2.43 bits per heavy atom. The van der Waals surface area contributed by atoms with Crippen molar-refractivity contribution < 1.29 is 19.1 Å². The Labute approximate surface area is 167 Å². The van der Waals surface area contributed by atoms with Crippen molar-refractivity contribution in [3.05, 3.63) is 35.9 Å². The third-order valence-corrected chi connectivity index (χ3v) is 4.80. The van der Waals surface area contributed by atoms with Gasteiger partial charge in [0.15, 0.2) is 0 Å². The van der Waals surface area contributed by atoms with Gasteiger partial charge >= 0.3 is 6.09 Å². The minimum absolute atomic E-state index is 0.170. The number of hydrogen-bond acceptors (Lipinski definition) is 4. The highest BCUT2D eigenvalue weighted by Crippen LogP contribution is 2.30. The number of methoxy groups -OCH3 is 1. The van der Waals surface area contributed by atoms with E-state index in [0.29, 0.717) is 6.54 Å². The Balaban J connectivity index is 2.05. The Kier molecular flexibility index (Phi) is 7.11. The molecule has 28 heavy (non-hydrogen) atoms. The summed E-state index contributed by atoms with van der Waals surface area (Å²) in [6, 6.07) is 7.60. The van der Waals surface area contributed by atoms with E-state index in [-0.39, 0.29) is 5.91 Å². The van der Waals surface area contributed by atoms with Crippen LogP contribution in [0.1, 0.15) is 58.9 Å². The van der Waals surface area contributed by atoms with Crippen molar-refractivity contribution >= 4 is 17.6 Å². The van der Waals surface area contributed by atoms with Gasteiger partial charge in [0.2, 0.25) is 5.91 Å². The third-order valence-electron chi connectivity index (χ3n) is 4.80. The van der Waals surface area contributed by atoms with Gasteiger partial charge in [-0.3, -0.25) is 4.79 Å². The van der Waals surface area contributed by atoms with Gasteiger partial charge in [0.1, 0.15) is 11.4 Å². The summed E-state index contributed by atoms with van der Waals surface area (Å²) in [6.07, 6.45) is 4.82. The van der Waals surface area contributed by atoms with Crippen molar-refractivity contribution in [3.63, 3.8) is 0 Å². The van der Waals surface area contributed by atoms with Crippen molar-refractivity contribution in [2.75, 3.05) is 13.7 Å². The van der Waals surface area contributed by atoms with Crippen LogP contribution in [0.4, 0.5) is 4.79 Å². The molecule has 154 valence electrons. The normalized spacial score (nSPS) is 16.4. The minimum Gasteiger partial charge on any atom is -0.496 e. The quantitative estimate of drug-likeness (QED) is 0.721. The van der Waals surface area contributed by atoms with Crippen molar-refractivity contribution in [2.45, 2.75) is 64.5 Å². The van der Waals surface area contributed by atoms with Crippen molar-refractivity contribution in [1.29, 1.82) is 0 Å². The maximum Gasteiger partial charge on any atom is 0.407 e. The molecule has 0 aromatic heterocycles. The molecule has 6 nitrogen and oxygen atoms in total. The second-order valence-electron chi connectivity index (χ2n) is 8.36.